The molecule has 4 aliphatic rings. The number of nitrogens with one attached hydrogen (secondary N) is 1. The smallest absolute Gasteiger partial charge is 0.246 e. The van der Waals surface area contributed by atoms with Crippen LogP contribution in [0.4, 0.5) is 0 Å². The summed E-state index contributed by atoms with van der Waals surface area (Å²) < 4.78 is 0. The normalized spacial score (nSPS) is 24.6. The minimum Gasteiger partial charge on any atom is -0.387 e. The fraction of sp³-hybridized carbons (Fsp3) is 0.683. The van der Waals surface area contributed by atoms with Crippen molar-refractivity contribution in [2.24, 2.45) is 34.2 Å². The largest absolute Gasteiger partial charge is 0.387 e. The van der Waals surface area contributed by atoms with Gasteiger partial charge in [0.1, 0.15) is 12.1 Å². The van der Waals surface area contributed by atoms with Crippen LogP contribution in [0.15, 0.2) is 29.4 Å². The SMILES string of the molecule is C#CC[C@H](C(=O)N[C@H](C(=O)N1C[C@@]2(CC(c3cccc(Cl)c3)=NO2)C[C@H]1C(=O)C[C@@H](CCC)C(O)C(=O)CC1CC1)C(C)(C)C)C1CCCCC1. The van der Waals surface area contributed by atoms with Gasteiger partial charge in [0, 0.05) is 42.7 Å². The fourth-order valence-electron chi connectivity index (χ4n) is 8.33. The number of hydrogen-bond donors (Lipinski definition) is 2. The van der Waals surface area contributed by atoms with E-state index in [-0.39, 0.29) is 48.7 Å². The number of benzene rings is 1. The van der Waals surface area contributed by atoms with Crippen molar-refractivity contribution < 1.29 is 29.1 Å². The molecule has 2 amide bonds. The predicted molar refractivity (Wildman–Crippen MR) is 198 cm³/mol. The summed E-state index contributed by atoms with van der Waals surface area (Å²) in [6, 6.07) is 5.49. The van der Waals surface area contributed by atoms with Crippen LogP contribution in [0.3, 0.4) is 0 Å². The molecule has 9 nitrogen and oxygen atoms in total. The zero-order valence-electron chi connectivity index (χ0n) is 30.8. The number of Topliss-reactive ketones (excluding diaryl/α,β-unsaturated/α-hetero) is 2. The van der Waals surface area contributed by atoms with E-state index in [4.69, 9.17) is 22.9 Å². The van der Waals surface area contributed by atoms with Gasteiger partial charge in [0.15, 0.2) is 17.2 Å². The second kappa shape index (κ2) is 16.6. The number of carbonyl (C=O) groups is 4. The zero-order chi connectivity index (χ0) is 36.9. The van der Waals surface area contributed by atoms with E-state index in [1.54, 1.807) is 11.0 Å². The molecule has 278 valence electrons. The first kappa shape index (κ1) is 39.0. The van der Waals surface area contributed by atoms with Crippen molar-refractivity contribution in [3.63, 3.8) is 0 Å². The van der Waals surface area contributed by atoms with E-state index in [9.17, 15) is 24.3 Å². The Hall–Kier alpha value is -3.22. The van der Waals surface area contributed by atoms with E-state index >= 15 is 0 Å². The van der Waals surface area contributed by atoms with Gasteiger partial charge in [0.2, 0.25) is 11.8 Å². The van der Waals surface area contributed by atoms with Crippen LogP contribution in [0.1, 0.15) is 123 Å². The fourth-order valence-corrected chi connectivity index (χ4v) is 8.52. The molecular weight excluding hydrogens is 666 g/mol. The van der Waals surface area contributed by atoms with E-state index in [0.29, 0.717) is 48.8 Å². The second-order valence-corrected chi connectivity index (χ2v) is 17.1. The van der Waals surface area contributed by atoms with Gasteiger partial charge in [-0.1, -0.05) is 82.3 Å². The molecule has 2 heterocycles. The van der Waals surface area contributed by atoms with Gasteiger partial charge in [-0.05, 0) is 67.4 Å². The summed E-state index contributed by atoms with van der Waals surface area (Å²) in [5, 5.41) is 19.2. The van der Waals surface area contributed by atoms with Crippen molar-refractivity contribution in [2.75, 3.05) is 6.54 Å². The van der Waals surface area contributed by atoms with Gasteiger partial charge in [0.05, 0.1) is 24.2 Å². The molecule has 6 atom stereocenters. The number of hydrogen-bond acceptors (Lipinski definition) is 7. The van der Waals surface area contributed by atoms with Crippen molar-refractivity contribution in [3.05, 3.63) is 34.9 Å². The minimum absolute atomic E-state index is 0.0452. The summed E-state index contributed by atoms with van der Waals surface area (Å²) in [6.45, 7) is 7.77. The highest BCUT2D eigenvalue weighted by atomic mass is 35.5. The molecule has 3 fully saturated rings. The number of ketones is 2. The number of terminal acetylenes is 1. The van der Waals surface area contributed by atoms with Crippen LogP contribution in [-0.4, -0.2) is 69.4 Å². The minimum atomic E-state index is -1.23. The molecule has 2 saturated carbocycles. The van der Waals surface area contributed by atoms with Gasteiger partial charge in [-0.15, -0.1) is 12.3 Å². The first-order valence-corrected chi connectivity index (χ1v) is 19.4. The Morgan fingerprint density at radius 3 is 2.51 bits per heavy atom. The molecule has 0 bridgehead atoms. The Morgan fingerprint density at radius 2 is 1.88 bits per heavy atom. The molecule has 10 heteroatoms. The third-order valence-electron chi connectivity index (χ3n) is 11.4. The molecular formula is C41H56ClN3O6. The first-order valence-electron chi connectivity index (χ1n) is 19.0. The predicted octanol–water partition coefficient (Wildman–Crippen LogP) is 6.66. The maximum atomic E-state index is 14.8. The molecule has 2 aliphatic heterocycles. The lowest BCUT2D eigenvalue weighted by atomic mass is 9.77. The van der Waals surface area contributed by atoms with Crippen LogP contribution >= 0.6 is 11.6 Å². The number of halogens is 1. The van der Waals surface area contributed by atoms with Gasteiger partial charge in [0.25, 0.3) is 0 Å². The van der Waals surface area contributed by atoms with Gasteiger partial charge < -0.3 is 20.2 Å². The van der Waals surface area contributed by atoms with E-state index in [1.807, 2.05) is 45.9 Å². The molecule has 1 saturated heterocycles. The quantitative estimate of drug-likeness (QED) is 0.195. The lowest BCUT2D eigenvalue weighted by Gasteiger charge is -2.37. The molecule has 0 radical (unpaired) electrons. The number of likely N-dealkylation sites (tertiary alicyclic amines) is 1. The van der Waals surface area contributed by atoms with Gasteiger partial charge in [-0.2, -0.15) is 0 Å². The third kappa shape index (κ3) is 9.61. The standard InChI is InChI=1S/C41H56ClN3O6/c1-6-12-29(36(48)35(47)20-26-18-19-26)22-34(46)33-24-41(23-32(44-51-41)28-16-11-17-30(42)21-28)25-45(33)39(50)37(40(3,4)5)43-38(49)31(13-7-2)27-14-9-8-10-15-27/h2,11,16-17,21,26-27,29,31,33,36-37,48H,6,8-10,12-15,18-20,22-25H2,1,3-5H3,(H,43,49)/t29-,31+,33+,36?,37-,41-/m1/s1. The summed E-state index contributed by atoms with van der Waals surface area (Å²) in [5.74, 6) is 1.18. The zero-order valence-corrected chi connectivity index (χ0v) is 31.6. The number of rotatable bonds is 15. The van der Waals surface area contributed by atoms with E-state index < -0.39 is 41.0 Å². The lowest BCUT2D eigenvalue weighted by Crippen LogP contribution is -2.58. The Balaban J connectivity index is 1.41. The van der Waals surface area contributed by atoms with E-state index in [0.717, 1.165) is 50.5 Å². The average Bonchev–Trinajstić information content (AvgIpc) is 3.69. The van der Waals surface area contributed by atoms with E-state index in [2.05, 4.69) is 16.4 Å². The Bertz CT molecular complexity index is 1520. The average molecular weight is 722 g/mol. The van der Waals surface area contributed by atoms with Crippen LogP contribution in [0.2, 0.25) is 5.02 Å². The van der Waals surface area contributed by atoms with E-state index in [1.165, 1.54) is 0 Å². The number of nitrogens with zero attached hydrogens (tertiary/aromatic N) is 2. The monoisotopic (exact) mass is 721 g/mol. The summed E-state index contributed by atoms with van der Waals surface area (Å²) in [4.78, 5) is 63.9. The van der Waals surface area contributed by atoms with Gasteiger partial charge in [-0.25, -0.2) is 0 Å². The van der Waals surface area contributed by atoms with Crippen molar-refractivity contribution in [2.45, 2.75) is 141 Å². The number of carbonyl (C=O) groups excluding carboxylic acids is 4. The molecule has 1 unspecified atom stereocenters. The van der Waals surface area contributed by atoms with Gasteiger partial charge >= 0.3 is 0 Å². The first-order chi connectivity index (χ1) is 24.2. The summed E-state index contributed by atoms with van der Waals surface area (Å²) in [7, 11) is 0. The van der Waals surface area contributed by atoms with Crippen LogP contribution in [0.5, 0.6) is 0 Å². The highest BCUT2D eigenvalue weighted by Crippen LogP contribution is 2.42. The Morgan fingerprint density at radius 1 is 1.16 bits per heavy atom. The molecule has 51 heavy (non-hydrogen) atoms. The van der Waals surface area contributed by atoms with Crippen molar-refractivity contribution >= 4 is 40.7 Å². The number of aliphatic hydroxyl groups is 1. The second-order valence-electron chi connectivity index (χ2n) is 16.7. The molecule has 2 aliphatic carbocycles. The molecule has 5 rings (SSSR count). The molecule has 2 N–H and O–H groups in total. The summed E-state index contributed by atoms with van der Waals surface area (Å²) in [5.41, 5.74) is -0.185. The highest BCUT2D eigenvalue weighted by Gasteiger charge is 2.55. The van der Waals surface area contributed by atoms with Crippen LogP contribution in [0.25, 0.3) is 0 Å². The Kier molecular flexibility index (Phi) is 12.7. The third-order valence-corrected chi connectivity index (χ3v) is 11.7. The molecule has 1 aromatic rings. The molecule has 0 aromatic heterocycles. The van der Waals surface area contributed by atoms with Crippen molar-refractivity contribution in [1.82, 2.24) is 10.2 Å². The summed E-state index contributed by atoms with van der Waals surface area (Å²) >= 11 is 6.28. The van der Waals surface area contributed by atoms with Crippen molar-refractivity contribution in [1.29, 1.82) is 0 Å². The number of amides is 2. The maximum Gasteiger partial charge on any atom is 0.246 e. The van der Waals surface area contributed by atoms with Gasteiger partial charge in [-0.3, -0.25) is 19.2 Å². The van der Waals surface area contributed by atoms with Crippen LogP contribution in [0, 0.1) is 41.4 Å². The topological polar surface area (TPSA) is 125 Å². The highest BCUT2D eigenvalue weighted by molar-refractivity contribution is 6.31. The maximum absolute atomic E-state index is 14.8. The number of oxime groups is 1. The van der Waals surface area contributed by atoms with Crippen LogP contribution < -0.4 is 5.32 Å². The molecule has 1 spiro atoms. The summed E-state index contributed by atoms with van der Waals surface area (Å²) in [6.07, 6.45) is 14.0. The van der Waals surface area contributed by atoms with Crippen molar-refractivity contribution in [3.8, 4) is 12.3 Å². The Labute approximate surface area is 308 Å². The molecule has 1 aromatic carbocycles. The lowest BCUT2D eigenvalue weighted by molar-refractivity contribution is -0.145. The number of aliphatic hydroxyl groups excluding tert-OH is 1. The van der Waals surface area contributed by atoms with Crippen LogP contribution in [-0.2, 0) is 24.0 Å².